The average molecular weight is 534 g/mol. The lowest BCUT2D eigenvalue weighted by molar-refractivity contribution is -0.141. The Hall–Kier alpha value is -2.94. The van der Waals surface area contributed by atoms with Gasteiger partial charge < -0.3 is 10.2 Å². The molecule has 0 aliphatic rings. The summed E-state index contributed by atoms with van der Waals surface area (Å²) in [6.07, 6.45) is 3.51. The van der Waals surface area contributed by atoms with Crippen molar-refractivity contribution >= 4 is 27.5 Å². The molecule has 0 aromatic heterocycles. The van der Waals surface area contributed by atoms with Crippen molar-refractivity contribution in [3.8, 4) is 0 Å². The van der Waals surface area contributed by atoms with E-state index in [2.05, 4.69) is 5.32 Å². The molecule has 0 saturated heterocycles. The summed E-state index contributed by atoms with van der Waals surface area (Å²) in [4.78, 5) is 28.0. The van der Waals surface area contributed by atoms with Gasteiger partial charge in [-0.25, -0.2) is 12.8 Å². The molecule has 0 saturated carbocycles. The molecule has 2 aromatic rings. The molecule has 204 valence electrons. The summed E-state index contributed by atoms with van der Waals surface area (Å²) in [6.45, 7) is 8.03. The van der Waals surface area contributed by atoms with E-state index in [1.165, 1.54) is 21.3 Å². The van der Waals surface area contributed by atoms with Gasteiger partial charge in [-0.1, -0.05) is 45.0 Å². The summed E-state index contributed by atoms with van der Waals surface area (Å²) in [7, 11) is -3.55. The molecule has 0 spiro atoms. The third-order valence-corrected chi connectivity index (χ3v) is 7.63. The fraction of sp³-hybridized carbons (Fsp3) is 0.500. The van der Waals surface area contributed by atoms with Crippen molar-refractivity contribution in [2.75, 3.05) is 17.1 Å². The first-order chi connectivity index (χ1) is 17.5. The van der Waals surface area contributed by atoms with Crippen LogP contribution >= 0.6 is 0 Å². The second-order valence-corrected chi connectivity index (χ2v) is 11.3. The van der Waals surface area contributed by atoms with Gasteiger partial charge in [0.25, 0.3) is 0 Å². The molecule has 9 heteroatoms. The molecule has 0 heterocycles. The molecule has 2 rings (SSSR count). The SMILES string of the molecule is CCc1ccc(N(CCCC(=O)N(Cc2ccc(F)cc2)[C@H](CC)C(=O)N[C@H](C)CC)S(C)(=O)=O)cc1. The molecular formula is C28H40FN3O4S. The lowest BCUT2D eigenvalue weighted by Crippen LogP contribution is -2.50. The van der Waals surface area contributed by atoms with Crippen LogP contribution in [0.5, 0.6) is 0 Å². The maximum atomic E-state index is 13.4. The van der Waals surface area contributed by atoms with Crippen LogP contribution in [0.2, 0.25) is 0 Å². The monoisotopic (exact) mass is 533 g/mol. The van der Waals surface area contributed by atoms with Crippen molar-refractivity contribution < 1.29 is 22.4 Å². The zero-order chi connectivity index (χ0) is 27.6. The Kier molecular flexibility index (Phi) is 11.6. The standard InChI is InChI=1S/C28H40FN3O4S/c1-6-21(4)30-28(34)26(8-3)31(20-23-11-15-24(29)16-12-23)27(33)10-9-19-32(37(5,35)36)25-17-13-22(7-2)14-18-25/h11-18,21,26H,6-10,19-20H2,1-5H3,(H,30,34)/t21-,26-/m1/s1. The van der Waals surface area contributed by atoms with Crippen molar-refractivity contribution in [1.29, 1.82) is 0 Å². The molecule has 0 unspecified atom stereocenters. The second-order valence-electron chi connectivity index (χ2n) is 9.35. The number of amides is 2. The fourth-order valence-electron chi connectivity index (χ4n) is 4.05. The maximum absolute atomic E-state index is 13.4. The van der Waals surface area contributed by atoms with E-state index in [4.69, 9.17) is 0 Å². The minimum absolute atomic E-state index is 0.0354. The van der Waals surface area contributed by atoms with Crippen molar-refractivity contribution in [3.63, 3.8) is 0 Å². The van der Waals surface area contributed by atoms with Crippen LogP contribution in [0.4, 0.5) is 10.1 Å². The number of hydrogen-bond donors (Lipinski definition) is 1. The Morgan fingerprint density at radius 2 is 1.54 bits per heavy atom. The third-order valence-electron chi connectivity index (χ3n) is 6.44. The first-order valence-corrected chi connectivity index (χ1v) is 14.8. The van der Waals surface area contributed by atoms with Crippen molar-refractivity contribution in [3.05, 3.63) is 65.5 Å². The van der Waals surface area contributed by atoms with Crippen molar-refractivity contribution in [2.24, 2.45) is 0 Å². The lowest BCUT2D eigenvalue weighted by Gasteiger charge is -2.32. The Labute approximate surface area is 221 Å². The Morgan fingerprint density at radius 1 is 0.946 bits per heavy atom. The number of nitrogens with zero attached hydrogens (tertiary/aromatic N) is 2. The van der Waals surface area contributed by atoms with Crippen LogP contribution in [0, 0.1) is 5.82 Å². The molecular weight excluding hydrogens is 493 g/mol. The maximum Gasteiger partial charge on any atom is 0.243 e. The molecule has 0 aliphatic carbocycles. The van der Waals surface area contributed by atoms with Gasteiger partial charge in [-0.15, -0.1) is 0 Å². The van der Waals surface area contributed by atoms with Crippen LogP contribution in [0.3, 0.4) is 0 Å². The molecule has 0 bridgehead atoms. The number of benzene rings is 2. The van der Waals surface area contributed by atoms with Gasteiger partial charge in [-0.05, 0) is 68.0 Å². The van der Waals surface area contributed by atoms with Crippen LogP contribution in [0.15, 0.2) is 48.5 Å². The highest BCUT2D eigenvalue weighted by molar-refractivity contribution is 7.92. The smallest absolute Gasteiger partial charge is 0.243 e. The number of halogens is 1. The van der Waals surface area contributed by atoms with Crippen molar-refractivity contribution in [2.45, 2.75) is 78.4 Å². The number of carbonyl (C=O) groups excluding carboxylic acids is 2. The van der Waals surface area contributed by atoms with Crippen molar-refractivity contribution in [1.82, 2.24) is 10.2 Å². The Balaban J connectivity index is 2.21. The summed E-state index contributed by atoms with van der Waals surface area (Å²) >= 11 is 0. The Morgan fingerprint density at radius 3 is 2.05 bits per heavy atom. The number of carbonyl (C=O) groups is 2. The molecule has 37 heavy (non-hydrogen) atoms. The normalized spacial score (nSPS) is 13.0. The van der Waals surface area contributed by atoms with E-state index in [0.29, 0.717) is 17.7 Å². The topological polar surface area (TPSA) is 86.8 Å². The van der Waals surface area contributed by atoms with Gasteiger partial charge in [0, 0.05) is 25.6 Å². The van der Waals surface area contributed by atoms with E-state index in [-0.39, 0.29) is 49.6 Å². The van der Waals surface area contributed by atoms with Crippen LogP contribution < -0.4 is 9.62 Å². The van der Waals surface area contributed by atoms with Gasteiger partial charge in [-0.2, -0.15) is 0 Å². The number of hydrogen-bond acceptors (Lipinski definition) is 4. The van der Waals surface area contributed by atoms with Gasteiger partial charge >= 0.3 is 0 Å². The molecule has 0 aliphatic heterocycles. The van der Waals surface area contributed by atoms with E-state index in [1.807, 2.05) is 39.8 Å². The lowest BCUT2D eigenvalue weighted by atomic mass is 10.1. The number of rotatable bonds is 14. The van der Waals surface area contributed by atoms with Gasteiger partial charge in [-0.3, -0.25) is 13.9 Å². The highest BCUT2D eigenvalue weighted by Gasteiger charge is 2.29. The van der Waals surface area contributed by atoms with E-state index in [9.17, 15) is 22.4 Å². The van der Waals surface area contributed by atoms with E-state index in [0.717, 1.165) is 24.7 Å². The summed E-state index contributed by atoms with van der Waals surface area (Å²) in [6, 6.07) is 12.4. The molecule has 2 aromatic carbocycles. The molecule has 2 atom stereocenters. The second kappa shape index (κ2) is 14.1. The zero-order valence-electron chi connectivity index (χ0n) is 22.5. The molecule has 7 nitrogen and oxygen atoms in total. The number of nitrogens with one attached hydrogen (secondary N) is 1. The molecule has 2 amide bonds. The minimum atomic E-state index is -3.55. The van der Waals surface area contributed by atoms with Gasteiger partial charge in [0.15, 0.2) is 0 Å². The van der Waals surface area contributed by atoms with Crippen LogP contribution in [-0.4, -0.2) is 50.0 Å². The molecule has 0 fully saturated rings. The van der Waals surface area contributed by atoms with Gasteiger partial charge in [0.05, 0.1) is 11.9 Å². The van der Waals surface area contributed by atoms with Crippen LogP contribution in [-0.2, 0) is 32.6 Å². The highest BCUT2D eigenvalue weighted by atomic mass is 32.2. The van der Waals surface area contributed by atoms with E-state index >= 15 is 0 Å². The average Bonchev–Trinajstić information content (AvgIpc) is 2.86. The summed E-state index contributed by atoms with van der Waals surface area (Å²) in [5.74, 6) is -0.873. The summed E-state index contributed by atoms with van der Waals surface area (Å²) in [5, 5.41) is 2.96. The highest BCUT2D eigenvalue weighted by Crippen LogP contribution is 2.21. The van der Waals surface area contributed by atoms with Crippen LogP contribution in [0.25, 0.3) is 0 Å². The van der Waals surface area contributed by atoms with Crippen LogP contribution in [0.1, 0.15) is 64.5 Å². The fourth-order valence-corrected chi connectivity index (χ4v) is 5.01. The minimum Gasteiger partial charge on any atom is -0.352 e. The van der Waals surface area contributed by atoms with Gasteiger partial charge in [0.1, 0.15) is 11.9 Å². The zero-order valence-corrected chi connectivity index (χ0v) is 23.4. The van der Waals surface area contributed by atoms with E-state index < -0.39 is 16.1 Å². The Bertz CT molecular complexity index is 1120. The first-order valence-electron chi connectivity index (χ1n) is 12.9. The number of anilines is 1. The first kappa shape index (κ1) is 30.3. The number of aryl methyl sites for hydroxylation is 1. The van der Waals surface area contributed by atoms with E-state index in [1.54, 1.807) is 24.3 Å². The molecule has 1 N–H and O–H groups in total. The predicted octanol–water partition coefficient (Wildman–Crippen LogP) is 4.66. The quantitative estimate of drug-likeness (QED) is 0.383. The molecule has 0 radical (unpaired) electrons. The largest absolute Gasteiger partial charge is 0.352 e. The predicted molar refractivity (Wildman–Crippen MR) is 146 cm³/mol. The third kappa shape index (κ3) is 9.14. The number of sulfonamides is 1. The summed E-state index contributed by atoms with van der Waals surface area (Å²) < 4.78 is 39.7. The summed E-state index contributed by atoms with van der Waals surface area (Å²) in [5.41, 5.74) is 2.36. The van der Waals surface area contributed by atoms with Gasteiger partial charge in [0.2, 0.25) is 21.8 Å².